The number of benzene rings is 1. The van der Waals surface area contributed by atoms with Gasteiger partial charge in [0.25, 0.3) is 0 Å². The molecule has 0 saturated heterocycles. The highest BCUT2D eigenvalue weighted by Gasteiger charge is 2.50. The minimum absolute atomic E-state index is 0.178. The van der Waals surface area contributed by atoms with E-state index in [-0.39, 0.29) is 17.6 Å². The van der Waals surface area contributed by atoms with Crippen molar-refractivity contribution in [2.45, 2.75) is 29.9 Å². The lowest BCUT2D eigenvalue weighted by molar-refractivity contribution is -0.124. The minimum Gasteiger partial charge on any atom is -0.497 e. The first kappa shape index (κ1) is 19.2. The van der Waals surface area contributed by atoms with Crippen LogP contribution >= 0.6 is 23.1 Å². The first-order valence-corrected chi connectivity index (χ1v) is 10.5. The predicted molar refractivity (Wildman–Crippen MR) is 110 cm³/mol. The highest BCUT2D eigenvalue weighted by Crippen LogP contribution is 2.42. The summed E-state index contributed by atoms with van der Waals surface area (Å²) in [6.07, 6.45) is -0.209. The maximum Gasteiger partial charge on any atom is 0.230 e. The number of carbonyl (C=O) groups excluding carboxylic acids is 1. The molecule has 1 aromatic heterocycles. The molecule has 148 valence electrons. The van der Waals surface area contributed by atoms with Gasteiger partial charge in [0, 0.05) is 22.5 Å². The molecule has 28 heavy (non-hydrogen) atoms. The van der Waals surface area contributed by atoms with Crippen LogP contribution in [0.25, 0.3) is 0 Å². The number of fused-ring (bicyclic) bond motifs is 1. The Morgan fingerprint density at radius 3 is 2.75 bits per heavy atom. The summed E-state index contributed by atoms with van der Waals surface area (Å²) in [5, 5.41) is 29.3. The molecule has 2 aliphatic rings. The molecule has 2 aromatic rings. The Morgan fingerprint density at radius 1 is 1.29 bits per heavy atom. The Hall–Kier alpha value is -2.14. The van der Waals surface area contributed by atoms with E-state index in [1.807, 2.05) is 24.3 Å². The number of thioether (sulfide) groups is 1. The van der Waals surface area contributed by atoms with Gasteiger partial charge in [-0.15, -0.1) is 11.3 Å². The molecule has 4 N–H and O–H groups in total. The molecule has 0 bridgehead atoms. The van der Waals surface area contributed by atoms with Crippen LogP contribution in [0.15, 0.2) is 40.8 Å². The van der Waals surface area contributed by atoms with E-state index in [2.05, 4.69) is 20.6 Å². The molecular weight excluding hydrogens is 400 g/mol. The van der Waals surface area contributed by atoms with E-state index < -0.39 is 24.2 Å². The summed E-state index contributed by atoms with van der Waals surface area (Å²) < 4.78 is 5.15. The number of aliphatic hydroxyl groups is 2. The van der Waals surface area contributed by atoms with E-state index >= 15 is 0 Å². The summed E-state index contributed by atoms with van der Waals surface area (Å²) in [6, 6.07) is 6.84. The normalized spacial score (nSPS) is 29.0. The summed E-state index contributed by atoms with van der Waals surface area (Å²) in [5.41, 5.74) is 0.824. The van der Waals surface area contributed by atoms with Gasteiger partial charge < -0.3 is 25.6 Å². The summed E-state index contributed by atoms with van der Waals surface area (Å²) in [4.78, 5) is 21.4. The zero-order chi connectivity index (χ0) is 19.7. The standard InChI is InChI=1S/C18H20N4O4S2/c1-26-10-4-2-9(3-5-10)20-18-21-13-14(24)12(23)8-11(15(13)28-18)16(25)22-17-19-6-7-27-17/h2-7,11-15,23-24H,8H2,1H3,(H,20,21)(H,19,22,25). The summed E-state index contributed by atoms with van der Waals surface area (Å²) >= 11 is 2.75. The zero-order valence-electron chi connectivity index (χ0n) is 15.0. The van der Waals surface area contributed by atoms with Crippen LogP contribution in [-0.4, -0.2) is 56.9 Å². The molecule has 5 atom stereocenters. The highest BCUT2D eigenvalue weighted by atomic mass is 32.2. The number of thiazole rings is 1. The number of nitrogens with zero attached hydrogens (tertiary/aromatic N) is 2. The third-order valence-corrected chi connectivity index (χ3v) is 6.83. The second-order valence-electron chi connectivity index (χ2n) is 6.59. The second kappa shape index (κ2) is 8.08. The quantitative estimate of drug-likeness (QED) is 0.596. The van der Waals surface area contributed by atoms with E-state index in [0.29, 0.717) is 10.3 Å². The predicted octanol–water partition coefficient (Wildman–Crippen LogP) is 1.78. The van der Waals surface area contributed by atoms with Crippen molar-refractivity contribution < 1.29 is 19.7 Å². The van der Waals surface area contributed by atoms with Crippen LogP contribution in [0.3, 0.4) is 0 Å². The molecular formula is C18H20N4O4S2. The summed E-state index contributed by atoms with van der Waals surface area (Å²) in [6.45, 7) is 0. The van der Waals surface area contributed by atoms with Gasteiger partial charge in [0.1, 0.15) is 11.9 Å². The first-order valence-electron chi connectivity index (χ1n) is 8.77. The molecule has 4 rings (SSSR count). The number of ether oxygens (including phenoxy) is 1. The van der Waals surface area contributed by atoms with Gasteiger partial charge in [-0.2, -0.15) is 0 Å². The van der Waals surface area contributed by atoms with Gasteiger partial charge in [-0.1, -0.05) is 11.8 Å². The lowest BCUT2D eigenvalue weighted by atomic mass is 9.81. The summed E-state index contributed by atoms with van der Waals surface area (Å²) in [7, 11) is 1.60. The number of anilines is 2. The Morgan fingerprint density at radius 2 is 2.07 bits per heavy atom. The Labute approximate surface area is 170 Å². The van der Waals surface area contributed by atoms with E-state index in [4.69, 9.17) is 4.74 Å². The lowest BCUT2D eigenvalue weighted by Crippen LogP contribution is -2.52. The fourth-order valence-electron chi connectivity index (χ4n) is 3.39. The van der Waals surface area contributed by atoms with Crippen LogP contribution in [0.4, 0.5) is 10.8 Å². The third-order valence-electron chi connectivity index (χ3n) is 4.83. The van der Waals surface area contributed by atoms with Gasteiger partial charge in [0.2, 0.25) is 5.91 Å². The Balaban J connectivity index is 1.49. The van der Waals surface area contributed by atoms with Crippen molar-refractivity contribution in [1.82, 2.24) is 4.98 Å². The number of methoxy groups -OCH3 is 1. The average Bonchev–Trinajstić information content (AvgIpc) is 3.35. The van der Waals surface area contributed by atoms with Gasteiger partial charge in [-0.3, -0.25) is 9.79 Å². The fourth-order valence-corrected chi connectivity index (χ4v) is 5.30. The number of amides is 1. The lowest BCUT2D eigenvalue weighted by Gasteiger charge is -2.37. The molecule has 1 amide bonds. The van der Waals surface area contributed by atoms with Gasteiger partial charge in [-0.05, 0) is 30.7 Å². The zero-order valence-corrected chi connectivity index (χ0v) is 16.6. The number of hydrogen-bond acceptors (Lipinski definition) is 9. The number of aromatic nitrogens is 1. The number of carbonyl (C=O) groups is 1. The van der Waals surface area contributed by atoms with Crippen molar-refractivity contribution in [3.8, 4) is 5.75 Å². The van der Waals surface area contributed by atoms with E-state index in [9.17, 15) is 15.0 Å². The van der Waals surface area contributed by atoms with E-state index in [1.165, 1.54) is 23.1 Å². The van der Waals surface area contributed by atoms with Gasteiger partial charge in [-0.25, -0.2) is 4.98 Å². The molecule has 0 spiro atoms. The minimum atomic E-state index is -1.00. The number of rotatable bonds is 4. The van der Waals surface area contributed by atoms with Crippen molar-refractivity contribution in [2.24, 2.45) is 10.9 Å². The van der Waals surface area contributed by atoms with Crippen LogP contribution in [0.1, 0.15) is 6.42 Å². The number of aliphatic hydroxyl groups excluding tert-OH is 2. The highest BCUT2D eigenvalue weighted by molar-refractivity contribution is 8.15. The number of aliphatic imine (C=N–C) groups is 1. The van der Waals surface area contributed by atoms with Crippen LogP contribution in [0.5, 0.6) is 5.75 Å². The first-order chi connectivity index (χ1) is 13.5. The van der Waals surface area contributed by atoms with Gasteiger partial charge in [0.05, 0.1) is 25.2 Å². The van der Waals surface area contributed by atoms with Crippen molar-refractivity contribution in [3.63, 3.8) is 0 Å². The molecule has 10 heteroatoms. The summed E-state index contributed by atoms with van der Waals surface area (Å²) in [5.74, 6) is 0.0400. The number of amidine groups is 1. The van der Waals surface area contributed by atoms with Crippen LogP contribution in [0, 0.1) is 5.92 Å². The third kappa shape index (κ3) is 3.86. The largest absolute Gasteiger partial charge is 0.497 e. The SMILES string of the molecule is COc1ccc(NC2=NC3C(O)C(O)CC(C(=O)Nc4nccs4)C3S2)cc1. The second-order valence-corrected chi connectivity index (χ2v) is 8.65. The molecule has 1 aliphatic carbocycles. The van der Waals surface area contributed by atoms with Crippen LogP contribution < -0.4 is 15.4 Å². The van der Waals surface area contributed by atoms with Crippen molar-refractivity contribution >= 4 is 45.0 Å². The van der Waals surface area contributed by atoms with Crippen LogP contribution in [0.2, 0.25) is 0 Å². The maximum atomic E-state index is 12.8. The molecule has 8 nitrogen and oxygen atoms in total. The Kier molecular flexibility index (Phi) is 5.54. The molecule has 1 aliphatic heterocycles. The van der Waals surface area contributed by atoms with Crippen molar-refractivity contribution in [2.75, 3.05) is 17.7 Å². The molecule has 1 aromatic carbocycles. The molecule has 5 unspecified atom stereocenters. The van der Waals surface area contributed by atoms with Gasteiger partial charge in [0.15, 0.2) is 10.3 Å². The van der Waals surface area contributed by atoms with Crippen LogP contribution in [-0.2, 0) is 4.79 Å². The van der Waals surface area contributed by atoms with E-state index in [0.717, 1.165) is 11.4 Å². The van der Waals surface area contributed by atoms with Gasteiger partial charge >= 0.3 is 0 Å². The average molecular weight is 421 g/mol. The topological polar surface area (TPSA) is 116 Å². The molecule has 1 fully saturated rings. The van der Waals surface area contributed by atoms with E-state index in [1.54, 1.807) is 18.7 Å². The fraction of sp³-hybridized carbons (Fsp3) is 0.389. The van der Waals surface area contributed by atoms with Crippen molar-refractivity contribution in [3.05, 3.63) is 35.8 Å². The number of hydrogen-bond donors (Lipinski definition) is 4. The number of nitrogens with one attached hydrogen (secondary N) is 2. The molecule has 1 saturated carbocycles. The Bertz CT molecular complexity index is 859. The van der Waals surface area contributed by atoms with Crippen molar-refractivity contribution in [1.29, 1.82) is 0 Å². The smallest absolute Gasteiger partial charge is 0.230 e. The molecule has 0 radical (unpaired) electrons. The monoisotopic (exact) mass is 420 g/mol. The molecule has 2 heterocycles. The maximum absolute atomic E-state index is 12.8.